The van der Waals surface area contributed by atoms with Crippen molar-refractivity contribution >= 4 is 16.7 Å². The highest BCUT2D eigenvalue weighted by molar-refractivity contribution is 5.80. The molecule has 0 bridgehead atoms. The fraction of sp³-hybridized carbons (Fsp3) is 0.400. The molecule has 7 nitrogen and oxygen atoms in total. The molecule has 2 aromatic rings. The largest absolute Gasteiger partial charge is 0.423 e. The van der Waals surface area contributed by atoms with Crippen LogP contribution in [0.4, 0.5) is 10.1 Å². The number of benzene rings is 1. The minimum absolute atomic E-state index is 0.324. The molecule has 1 saturated heterocycles. The number of alkyl halides is 1. The highest BCUT2D eigenvalue weighted by Crippen LogP contribution is 2.25. The molecular formula is C15H16FNO6. The van der Waals surface area contributed by atoms with Crippen LogP contribution in [0.25, 0.3) is 11.0 Å². The Labute approximate surface area is 129 Å². The van der Waals surface area contributed by atoms with E-state index in [9.17, 15) is 24.5 Å². The topological polar surface area (TPSA) is 112 Å². The third-order valence-corrected chi connectivity index (χ3v) is 3.83. The maximum atomic E-state index is 12.7. The normalized spacial score (nSPS) is 31.2. The van der Waals surface area contributed by atoms with Crippen LogP contribution in [0.1, 0.15) is 0 Å². The molecule has 2 unspecified atom stereocenters. The Balaban J connectivity index is 1.84. The lowest BCUT2D eigenvalue weighted by molar-refractivity contribution is -0.240. The smallest absolute Gasteiger partial charge is 0.336 e. The number of aliphatic hydroxyl groups is 3. The van der Waals surface area contributed by atoms with E-state index >= 15 is 0 Å². The van der Waals surface area contributed by atoms with E-state index in [1.54, 1.807) is 18.2 Å². The lowest BCUT2D eigenvalue weighted by Crippen LogP contribution is -2.60. The summed E-state index contributed by atoms with van der Waals surface area (Å²) in [5, 5.41) is 33.2. The van der Waals surface area contributed by atoms with Gasteiger partial charge >= 0.3 is 5.63 Å². The summed E-state index contributed by atoms with van der Waals surface area (Å²) in [6, 6.07) is 6.68. The molecule has 3 rings (SSSR count). The monoisotopic (exact) mass is 324 g/mol. The molecule has 0 spiro atoms. The first kappa shape index (κ1) is 15.9. The summed E-state index contributed by atoms with van der Waals surface area (Å²) in [6.45, 7) is -1.02. The van der Waals surface area contributed by atoms with E-state index in [0.29, 0.717) is 16.7 Å². The van der Waals surface area contributed by atoms with Gasteiger partial charge in [-0.25, -0.2) is 9.18 Å². The molecule has 0 saturated carbocycles. The summed E-state index contributed by atoms with van der Waals surface area (Å²) in [4.78, 5) is 11.2. The number of halogens is 1. The summed E-state index contributed by atoms with van der Waals surface area (Å²) in [5.41, 5.74) is 0.256. The Hall–Kier alpha value is -2.00. The number of fused-ring (bicyclic) bond motifs is 1. The summed E-state index contributed by atoms with van der Waals surface area (Å²) in [7, 11) is 0. The first-order valence-corrected chi connectivity index (χ1v) is 7.05. The van der Waals surface area contributed by atoms with Crippen molar-refractivity contribution in [1.29, 1.82) is 0 Å². The van der Waals surface area contributed by atoms with Crippen molar-refractivity contribution in [1.82, 2.24) is 0 Å². The Kier molecular flexibility index (Phi) is 4.31. The van der Waals surface area contributed by atoms with Gasteiger partial charge in [-0.2, -0.15) is 0 Å². The average molecular weight is 324 g/mol. The molecule has 0 aliphatic carbocycles. The van der Waals surface area contributed by atoms with E-state index in [1.807, 2.05) is 0 Å². The summed E-state index contributed by atoms with van der Waals surface area (Å²) in [5.74, 6) is 0. The molecule has 1 aromatic heterocycles. The molecule has 4 N–H and O–H groups in total. The van der Waals surface area contributed by atoms with Gasteiger partial charge in [0.05, 0.1) is 0 Å². The van der Waals surface area contributed by atoms with Crippen LogP contribution in [0.5, 0.6) is 0 Å². The molecular weight excluding hydrogens is 308 g/mol. The Bertz CT molecular complexity index is 750. The average Bonchev–Trinajstić information content (AvgIpc) is 2.54. The molecule has 1 aromatic carbocycles. The quantitative estimate of drug-likeness (QED) is 0.587. The number of hydrogen-bond donors (Lipinski definition) is 4. The van der Waals surface area contributed by atoms with E-state index < -0.39 is 42.9 Å². The van der Waals surface area contributed by atoms with Crippen LogP contribution in [-0.4, -0.2) is 52.6 Å². The fourth-order valence-electron chi connectivity index (χ4n) is 2.57. The molecule has 2 heterocycles. The SMILES string of the molecule is O=c1ccc2ccc(NC3[C@@H](O)OC(C[18F])[C@H](O)[C@H]3O)cc2o1. The standard InChI is InChI=1S/C15H16FNO6/c16-6-10-13(19)14(20)12(15(21)23-10)17-8-3-1-7-2-4-11(18)22-9(7)5-8/h1-5,10,12-15,17,19-21H,6H2/t10?,12?,13-,14-,15-/m0/s1/i16-1. The van der Waals surface area contributed by atoms with E-state index in [1.165, 1.54) is 12.1 Å². The van der Waals surface area contributed by atoms with Crippen molar-refractivity contribution in [3.8, 4) is 0 Å². The number of rotatable bonds is 3. The van der Waals surface area contributed by atoms with Crippen molar-refractivity contribution in [3.63, 3.8) is 0 Å². The molecule has 5 atom stereocenters. The summed E-state index contributed by atoms with van der Waals surface area (Å²) >= 11 is 0. The second kappa shape index (κ2) is 6.25. The lowest BCUT2D eigenvalue weighted by Gasteiger charge is -2.40. The summed E-state index contributed by atoms with van der Waals surface area (Å²) < 4.78 is 22.7. The second-order valence-corrected chi connectivity index (χ2v) is 5.38. The Morgan fingerprint density at radius 2 is 1.87 bits per heavy atom. The number of nitrogens with one attached hydrogen (secondary N) is 1. The van der Waals surface area contributed by atoms with Gasteiger partial charge in [-0.3, -0.25) is 0 Å². The first-order valence-electron chi connectivity index (χ1n) is 7.05. The van der Waals surface area contributed by atoms with Gasteiger partial charge in [0.25, 0.3) is 0 Å². The van der Waals surface area contributed by atoms with E-state index in [0.717, 1.165) is 0 Å². The van der Waals surface area contributed by atoms with Gasteiger partial charge in [0, 0.05) is 23.2 Å². The van der Waals surface area contributed by atoms with Crippen LogP contribution in [0.3, 0.4) is 0 Å². The van der Waals surface area contributed by atoms with Crippen LogP contribution in [-0.2, 0) is 4.74 Å². The second-order valence-electron chi connectivity index (χ2n) is 5.38. The predicted molar refractivity (Wildman–Crippen MR) is 78.8 cm³/mol. The van der Waals surface area contributed by atoms with Crippen LogP contribution < -0.4 is 10.9 Å². The molecule has 8 heteroatoms. The first-order chi connectivity index (χ1) is 11.0. The van der Waals surface area contributed by atoms with Gasteiger partial charge in [-0.05, 0) is 18.2 Å². The van der Waals surface area contributed by atoms with Crippen LogP contribution >= 0.6 is 0 Å². The van der Waals surface area contributed by atoms with Crippen molar-refractivity contribution < 1.29 is 28.9 Å². The zero-order valence-electron chi connectivity index (χ0n) is 11.9. The number of ether oxygens (including phenoxy) is 1. The minimum Gasteiger partial charge on any atom is -0.423 e. The van der Waals surface area contributed by atoms with Gasteiger partial charge in [0.1, 0.15) is 36.6 Å². The maximum absolute atomic E-state index is 12.7. The summed E-state index contributed by atoms with van der Waals surface area (Å²) in [6.07, 6.45) is -5.70. The highest BCUT2D eigenvalue weighted by Gasteiger charge is 2.43. The van der Waals surface area contributed by atoms with Crippen molar-refractivity contribution in [2.75, 3.05) is 12.0 Å². The molecule has 23 heavy (non-hydrogen) atoms. The van der Waals surface area contributed by atoms with Gasteiger partial charge in [-0.1, -0.05) is 0 Å². The van der Waals surface area contributed by atoms with E-state index in [4.69, 9.17) is 9.15 Å². The van der Waals surface area contributed by atoms with Gasteiger partial charge in [-0.15, -0.1) is 0 Å². The predicted octanol–water partition coefficient (Wildman–Crippen LogP) is -0.0180. The third-order valence-electron chi connectivity index (χ3n) is 3.83. The van der Waals surface area contributed by atoms with Crippen LogP contribution in [0.2, 0.25) is 0 Å². The van der Waals surface area contributed by atoms with Crippen molar-refractivity contribution in [3.05, 3.63) is 40.8 Å². The van der Waals surface area contributed by atoms with Gasteiger partial charge < -0.3 is 29.8 Å². The van der Waals surface area contributed by atoms with Crippen molar-refractivity contribution in [2.45, 2.75) is 30.6 Å². The molecule has 1 fully saturated rings. The van der Waals surface area contributed by atoms with E-state index in [2.05, 4.69) is 5.32 Å². The fourth-order valence-corrected chi connectivity index (χ4v) is 2.57. The van der Waals surface area contributed by atoms with Gasteiger partial charge in [0.2, 0.25) is 0 Å². The van der Waals surface area contributed by atoms with Crippen LogP contribution in [0.15, 0.2) is 39.5 Å². The number of hydrogen-bond acceptors (Lipinski definition) is 7. The number of aliphatic hydroxyl groups excluding tert-OH is 3. The van der Waals surface area contributed by atoms with E-state index in [-0.39, 0.29) is 0 Å². The lowest BCUT2D eigenvalue weighted by atomic mass is 9.97. The number of anilines is 1. The van der Waals surface area contributed by atoms with Crippen LogP contribution in [0, 0.1) is 0 Å². The van der Waals surface area contributed by atoms with Crippen molar-refractivity contribution in [2.24, 2.45) is 0 Å². The third kappa shape index (κ3) is 3.06. The zero-order chi connectivity index (χ0) is 16.6. The zero-order valence-corrected chi connectivity index (χ0v) is 11.9. The minimum atomic E-state index is -1.51. The Morgan fingerprint density at radius 3 is 2.61 bits per heavy atom. The van der Waals surface area contributed by atoms with Gasteiger partial charge in [0.15, 0.2) is 6.29 Å². The molecule has 1 aliphatic heterocycles. The Morgan fingerprint density at radius 1 is 1.13 bits per heavy atom. The highest BCUT2D eigenvalue weighted by atomic mass is 18.2. The maximum Gasteiger partial charge on any atom is 0.336 e. The molecule has 124 valence electrons. The molecule has 0 radical (unpaired) electrons. The molecule has 0 amide bonds. The molecule has 1 aliphatic rings.